The van der Waals surface area contributed by atoms with Crippen LogP contribution in [0.1, 0.15) is 11.3 Å². The number of pyridine rings is 2. The minimum Gasteiger partial charge on any atom is -0.270 e. The summed E-state index contributed by atoms with van der Waals surface area (Å²) in [6.45, 7) is 2.12. The van der Waals surface area contributed by atoms with E-state index in [1.807, 2.05) is 55.5 Å². The molecule has 0 saturated carbocycles. The second kappa shape index (κ2) is 7.73. The maximum absolute atomic E-state index is 11.1. The SMILES string of the molecule is Cc1c(-c2ccc3cc(CCOS(C)(=O)=O)ccc3n2)cnn1-c1ccccn1. The fourth-order valence-electron chi connectivity index (χ4n) is 3.16. The second-order valence-electron chi connectivity index (χ2n) is 6.74. The zero-order chi connectivity index (χ0) is 20.4. The molecular formula is C21H20N4O3S. The van der Waals surface area contributed by atoms with Gasteiger partial charge in [0.05, 0.1) is 36.0 Å². The third kappa shape index (κ3) is 4.33. The smallest absolute Gasteiger partial charge is 0.264 e. The van der Waals surface area contributed by atoms with Crippen molar-refractivity contribution in [3.63, 3.8) is 0 Å². The van der Waals surface area contributed by atoms with E-state index in [0.717, 1.165) is 45.5 Å². The van der Waals surface area contributed by atoms with Crippen molar-refractivity contribution in [3.05, 3.63) is 72.2 Å². The van der Waals surface area contributed by atoms with E-state index in [1.54, 1.807) is 17.1 Å². The zero-order valence-corrected chi connectivity index (χ0v) is 16.9. The fourth-order valence-corrected chi connectivity index (χ4v) is 3.55. The lowest BCUT2D eigenvalue weighted by Gasteiger charge is -2.07. The van der Waals surface area contributed by atoms with E-state index in [9.17, 15) is 8.42 Å². The fraction of sp³-hybridized carbons (Fsp3) is 0.190. The first-order valence-electron chi connectivity index (χ1n) is 9.11. The van der Waals surface area contributed by atoms with Crippen molar-refractivity contribution in [2.45, 2.75) is 13.3 Å². The molecule has 148 valence electrons. The van der Waals surface area contributed by atoms with E-state index >= 15 is 0 Å². The van der Waals surface area contributed by atoms with E-state index in [2.05, 4.69) is 10.1 Å². The summed E-state index contributed by atoms with van der Waals surface area (Å²) in [6, 6.07) is 15.6. The average Bonchev–Trinajstić information content (AvgIpc) is 3.08. The van der Waals surface area contributed by atoms with Gasteiger partial charge in [0.1, 0.15) is 0 Å². The molecule has 8 heteroatoms. The molecule has 0 radical (unpaired) electrons. The molecule has 0 aliphatic rings. The molecule has 4 aromatic rings. The molecule has 7 nitrogen and oxygen atoms in total. The van der Waals surface area contributed by atoms with Gasteiger partial charge >= 0.3 is 0 Å². The molecule has 4 rings (SSSR count). The first-order chi connectivity index (χ1) is 13.9. The Morgan fingerprint density at radius 2 is 1.97 bits per heavy atom. The molecule has 29 heavy (non-hydrogen) atoms. The molecule has 0 amide bonds. The summed E-state index contributed by atoms with van der Waals surface area (Å²) in [5.74, 6) is 0.762. The Morgan fingerprint density at radius 3 is 2.72 bits per heavy atom. The van der Waals surface area contributed by atoms with Crippen LogP contribution in [-0.4, -0.2) is 41.0 Å². The molecule has 0 aliphatic heterocycles. The number of nitrogens with zero attached hydrogens (tertiary/aromatic N) is 4. The third-order valence-electron chi connectivity index (χ3n) is 4.59. The molecule has 1 aromatic carbocycles. The van der Waals surface area contributed by atoms with Crippen molar-refractivity contribution >= 4 is 21.0 Å². The second-order valence-corrected chi connectivity index (χ2v) is 8.39. The molecule has 0 saturated heterocycles. The number of hydrogen-bond acceptors (Lipinski definition) is 6. The summed E-state index contributed by atoms with van der Waals surface area (Å²) in [5.41, 5.74) is 4.61. The predicted octanol–water partition coefficient (Wildman–Crippen LogP) is 3.31. The van der Waals surface area contributed by atoms with Crippen molar-refractivity contribution in [2.24, 2.45) is 0 Å². The van der Waals surface area contributed by atoms with Crippen LogP contribution in [0, 0.1) is 6.92 Å². The molecule has 0 bridgehead atoms. The minimum absolute atomic E-state index is 0.127. The largest absolute Gasteiger partial charge is 0.270 e. The van der Waals surface area contributed by atoms with Gasteiger partial charge in [0, 0.05) is 17.1 Å². The first kappa shape index (κ1) is 19.2. The zero-order valence-electron chi connectivity index (χ0n) is 16.1. The van der Waals surface area contributed by atoms with Crippen LogP contribution in [0.3, 0.4) is 0 Å². The van der Waals surface area contributed by atoms with Crippen LogP contribution in [0.2, 0.25) is 0 Å². The lowest BCUT2D eigenvalue weighted by molar-refractivity contribution is 0.326. The molecule has 3 heterocycles. The molecular weight excluding hydrogens is 388 g/mol. The Morgan fingerprint density at radius 1 is 1.10 bits per heavy atom. The highest BCUT2D eigenvalue weighted by atomic mass is 32.2. The van der Waals surface area contributed by atoms with E-state index in [-0.39, 0.29) is 6.61 Å². The third-order valence-corrected chi connectivity index (χ3v) is 5.19. The van der Waals surface area contributed by atoms with E-state index in [0.29, 0.717) is 6.42 Å². The number of rotatable bonds is 6. The normalized spacial score (nSPS) is 11.8. The lowest BCUT2D eigenvalue weighted by atomic mass is 10.1. The van der Waals surface area contributed by atoms with Crippen molar-refractivity contribution in [1.29, 1.82) is 0 Å². The number of hydrogen-bond donors (Lipinski definition) is 0. The van der Waals surface area contributed by atoms with Gasteiger partial charge in [0.25, 0.3) is 10.1 Å². The summed E-state index contributed by atoms with van der Waals surface area (Å²) >= 11 is 0. The molecule has 0 atom stereocenters. The summed E-state index contributed by atoms with van der Waals surface area (Å²) in [5, 5.41) is 5.45. The van der Waals surface area contributed by atoms with Crippen LogP contribution < -0.4 is 0 Å². The van der Waals surface area contributed by atoms with Gasteiger partial charge in [-0.25, -0.2) is 14.6 Å². The Bertz CT molecular complexity index is 1270. The van der Waals surface area contributed by atoms with E-state index < -0.39 is 10.1 Å². The van der Waals surface area contributed by atoms with Gasteiger partial charge in [0.2, 0.25) is 0 Å². The predicted molar refractivity (Wildman–Crippen MR) is 111 cm³/mol. The van der Waals surface area contributed by atoms with Gasteiger partial charge in [-0.2, -0.15) is 13.5 Å². The van der Waals surface area contributed by atoms with E-state index in [4.69, 9.17) is 9.17 Å². The Kier molecular flexibility index (Phi) is 5.12. The summed E-state index contributed by atoms with van der Waals surface area (Å²) in [6.07, 6.45) is 5.11. The van der Waals surface area contributed by atoms with Gasteiger partial charge < -0.3 is 0 Å². The van der Waals surface area contributed by atoms with Crippen LogP contribution in [0.4, 0.5) is 0 Å². The highest BCUT2D eigenvalue weighted by Crippen LogP contribution is 2.25. The molecule has 0 N–H and O–H groups in total. The molecule has 0 aliphatic carbocycles. The molecule has 0 unspecified atom stereocenters. The van der Waals surface area contributed by atoms with Crippen LogP contribution in [0.25, 0.3) is 28.0 Å². The Balaban J connectivity index is 1.60. The molecule has 0 spiro atoms. The molecule has 0 fully saturated rings. The van der Waals surface area contributed by atoms with Gasteiger partial charge in [-0.15, -0.1) is 0 Å². The number of benzene rings is 1. The van der Waals surface area contributed by atoms with Crippen molar-refractivity contribution in [3.8, 4) is 17.1 Å². The number of fused-ring (bicyclic) bond motifs is 1. The maximum Gasteiger partial charge on any atom is 0.264 e. The maximum atomic E-state index is 11.1. The van der Waals surface area contributed by atoms with Gasteiger partial charge in [0.15, 0.2) is 5.82 Å². The Hall–Kier alpha value is -3.10. The van der Waals surface area contributed by atoms with Crippen molar-refractivity contribution in [1.82, 2.24) is 19.7 Å². The summed E-state index contributed by atoms with van der Waals surface area (Å²) in [4.78, 5) is 9.12. The highest BCUT2D eigenvalue weighted by Gasteiger charge is 2.12. The molecule has 3 aromatic heterocycles. The standard InChI is InChI=1S/C21H20N4O3S/c1-15-18(14-23-25(15)21-5-3-4-11-22-21)20-9-7-17-13-16(6-8-19(17)24-20)10-12-28-29(2,26)27/h3-9,11,13-14H,10,12H2,1-2H3. The van der Waals surface area contributed by atoms with Crippen LogP contribution in [0.15, 0.2) is 60.9 Å². The first-order valence-corrected chi connectivity index (χ1v) is 10.9. The monoisotopic (exact) mass is 408 g/mol. The quantitative estimate of drug-likeness (QED) is 0.455. The van der Waals surface area contributed by atoms with Gasteiger partial charge in [-0.3, -0.25) is 4.18 Å². The summed E-state index contributed by atoms with van der Waals surface area (Å²) in [7, 11) is -3.42. The summed E-state index contributed by atoms with van der Waals surface area (Å²) < 4.78 is 28.8. The van der Waals surface area contributed by atoms with Crippen LogP contribution in [0.5, 0.6) is 0 Å². The topological polar surface area (TPSA) is 87.0 Å². The average molecular weight is 408 g/mol. The van der Waals surface area contributed by atoms with E-state index in [1.165, 1.54) is 0 Å². The van der Waals surface area contributed by atoms with Crippen molar-refractivity contribution < 1.29 is 12.6 Å². The number of aromatic nitrogens is 4. The lowest BCUT2D eigenvalue weighted by Crippen LogP contribution is -2.06. The van der Waals surface area contributed by atoms with Gasteiger partial charge in [-0.1, -0.05) is 18.2 Å². The minimum atomic E-state index is -3.42. The van der Waals surface area contributed by atoms with Crippen LogP contribution >= 0.6 is 0 Å². The van der Waals surface area contributed by atoms with Crippen LogP contribution in [-0.2, 0) is 20.7 Å². The van der Waals surface area contributed by atoms with Crippen molar-refractivity contribution in [2.75, 3.05) is 12.9 Å². The highest BCUT2D eigenvalue weighted by molar-refractivity contribution is 7.85. The van der Waals surface area contributed by atoms with Gasteiger partial charge in [-0.05, 0) is 49.2 Å². The Labute approximate surface area is 169 Å².